The summed E-state index contributed by atoms with van der Waals surface area (Å²) < 4.78 is 37.7. The van der Waals surface area contributed by atoms with Crippen LogP contribution in [-0.4, -0.2) is 26.8 Å². The predicted octanol–water partition coefficient (Wildman–Crippen LogP) is 2.56. The summed E-state index contributed by atoms with van der Waals surface area (Å²) in [6, 6.07) is 13.6. The van der Waals surface area contributed by atoms with E-state index in [1.807, 2.05) is 0 Å². The molecule has 2 amide bonds. The van der Waals surface area contributed by atoms with E-state index in [1.165, 1.54) is 30.5 Å². The first-order valence-corrected chi connectivity index (χ1v) is 11.2. The van der Waals surface area contributed by atoms with E-state index in [0.29, 0.717) is 16.5 Å². The Morgan fingerprint density at radius 1 is 1.06 bits per heavy atom. The van der Waals surface area contributed by atoms with E-state index in [2.05, 4.69) is 15.6 Å². The highest BCUT2D eigenvalue weighted by atomic mass is 35.5. The number of carbonyl (C=O) groups excluding carboxylic acids is 2. The Balaban J connectivity index is 1.53. The third-order valence-electron chi connectivity index (χ3n) is 4.24. The molecule has 0 bridgehead atoms. The van der Waals surface area contributed by atoms with Gasteiger partial charge in [-0.1, -0.05) is 17.7 Å². The Morgan fingerprint density at radius 3 is 2.59 bits per heavy atom. The van der Waals surface area contributed by atoms with Gasteiger partial charge >= 0.3 is 0 Å². The molecule has 3 rings (SSSR count). The van der Waals surface area contributed by atoms with Crippen LogP contribution in [-0.2, 0) is 21.4 Å². The van der Waals surface area contributed by atoms with Crippen molar-refractivity contribution in [2.75, 3.05) is 6.61 Å². The van der Waals surface area contributed by atoms with Crippen LogP contribution in [0.25, 0.3) is 0 Å². The van der Waals surface area contributed by atoms with Crippen molar-refractivity contribution in [2.45, 2.75) is 18.4 Å². The summed E-state index contributed by atoms with van der Waals surface area (Å²) in [5.41, 5.74) is 5.27. The SMILES string of the molecule is Cc1cc(OCC(=O)NNC(=O)c2cccc(S(=O)(=O)NCc3ccco3)c2)ccc1Cl. The lowest BCUT2D eigenvalue weighted by atomic mass is 10.2. The molecule has 0 radical (unpaired) electrons. The molecule has 0 saturated heterocycles. The maximum absolute atomic E-state index is 12.5. The van der Waals surface area contributed by atoms with Crippen molar-refractivity contribution < 1.29 is 27.2 Å². The van der Waals surface area contributed by atoms with Crippen LogP contribution in [0.15, 0.2) is 70.2 Å². The standard InChI is InChI=1S/C21H20ClN3O6S/c1-14-10-16(7-8-19(14)22)31-13-20(26)24-25-21(27)15-4-2-6-18(11-15)32(28,29)23-12-17-5-3-9-30-17/h2-11,23H,12-13H2,1H3,(H,24,26)(H,25,27). The van der Waals surface area contributed by atoms with Gasteiger partial charge in [0.05, 0.1) is 17.7 Å². The molecule has 11 heteroatoms. The summed E-state index contributed by atoms with van der Waals surface area (Å²) in [4.78, 5) is 24.1. The summed E-state index contributed by atoms with van der Waals surface area (Å²) in [5.74, 6) is -0.395. The van der Waals surface area contributed by atoms with Gasteiger partial charge in [-0.25, -0.2) is 13.1 Å². The zero-order chi connectivity index (χ0) is 23.1. The summed E-state index contributed by atoms with van der Waals surface area (Å²) in [6.45, 7) is 1.43. The molecule has 0 aliphatic rings. The number of hydrazine groups is 1. The summed E-state index contributed by atoms with van der Waals surface area (Å²) >= 11 is 5.94. The average molecular weight is 478 g/mol. The largest absolute Gasteiger partial charge is 0.484 e. The molecule has 0 atom stereocenters. The quantitative estimate of drug-likeness (QED) is 0.428. The van der Waals surface area contributed by atoms with Crippen molar-refractivity contribution in [1.29, 1.82) is 0 Å². The number of rotatable bonds is 8. The number of benzene rings is 2. The first-order chi connectivity index (χ1) is 15.2. The molecular weight excluding hydrogens is 458 g/mol. The number of amides is 2. The van der Waals surface area contributed by atoms with Crippen molar-refractivity contribution >= 4 is 33.4 Å². The van der Waals surface area contributed by atoms with E-state index in [-0.39, 0.29) is 23.6 Å². The average Bonchev–Trinajstić information content (AvgIpc) is 3.31. The minimum Gasteiger partial charge on any atom is -0.484 e. The normalized spacial score (nSPS) is 11.1. The number of nitrogens with one attached hydrogen (secondary N) is 3. The van der Waals surface area contributed by atoms with Crippen LogP contribution in [0.4, 0.5) is 0 Å². The van der Waals surface area contributed by atoms with Gasteiger partial charge in [0.2, 0.25) is 10.0 Å². The Kier molecular flexibility index (Phi) is 7.52. The van der Waals surface area contributed by atoms with Crippen LogP contribution in [0.1, 0.15) is 21.7 Å². The second kappa shape index (κ2) is 10.3. The molecule has 0 aliphatic carbocycles. The summed E-state index contributed by atoms with van der Waals surface area (Å²) in [6.07, 6.45) is 1.43. The topological polar surface area (TPSA) is 127 Å². The van der Waals surface area contributed by atoms with Crippen molar-refractivity contribution in [1.82, 2.24) is 15.6 Å². The van der Waals surface area contributed by atoms with Crippen molar-refractivity contribution in [3.05, 3.63) is 82.8 Å². The van der Waals surface area contributed by atoms with Crippen molar-refractivity contribution in [3.8, 4) is 5.75 Å². The van der Waals surface area contributed by atoms with E-state index in [0.717, 1.165) is 5.56 Å². The number of furan rings is 1. The van der Waals surface area contributed by atoms with Gasteiger partial charge in [-0.15, -0.1) is 0 Å². The van der Waals surface area contributed by atoms with Crippen LogP contribution in [0.5, 0.6) is 5.75 Å². The molecule has 3 N–H and O–H groups in total. The fraction of sp³-hybridized carbons (Fsp3) is 0.143. The van der Waals surface area contributed by atoms with Gasteiger partial charge in [0.1, 0.15) is 11.5 Å². The maximum Gasteiger partial charge on any atom is 0.276 e. The molecule has 1 heterocycles. The van der Waals surface area contributed by atoms with E-state index >= 15 is 0 Å². The van der Waals surface area contributed by atoms with Crippen molar-refractivity contribution in [3.63, 3.8) is 0 Å². The highest BCUT2D eigenvalue weighted by Crippen LogP contribution is 2.20. The molecule has 168 valence electrons. The Bertz CT molecular complexity index is 1210. The molecule has 32 heavy (non-hydrogen) atoms. The molecule has 0 unspecified atom stereocenters. The van der Waals surface area contributed by atoms with Gasteiger partial charge in [0.15, 0.2) is 6.61 Å². The smallest absolute Gasteiger partial charge is 0.276 e. The van der Waals surface area contributed by atoms with E-state index in [4.69, 9.17) is 20.8 Å². The predicted molar refractivity (Wildman–Crippen MR) is 116 cm³/mol. The van der Waals surface area contributed by atoms with Crippen LogP contribution >= 0.6 is 11.6 Å². The zero-order valence-electron chi connectivity index (χ0n) is 16.9. The molecule has 0 aliphatic heterocycles. The second-order valence-electron chi connectivity index (χ2n) is 6.63. The number of hydrogen-bond donors (Lipinski definition) is 3. The first kappa shape index (κ1) is 23.3. The lowest BCUT2D eigenvalue weighted by Gasteiger charge is -2.10. The van der Waals surface area contributed by atoms with Crippen LogP contribution < -0.4 is 20.3 Å². The lowest BCUT2D eigenvalue weighted by Crippen LogP contribution is -2.43. The van der Waals surface area contributed by atoms with Crippen molar-refractivity contribution in [2.24, 2.45) is 0 Å². The van der Waals surface area contributed by atoms with Gasteiger partial charge in [0, 0.05) is 10.6 Å². The molecule has 0 spiro atoms. The lowest BCUT2D eigenvalue weighted by molar-refractivity contribution is -0.123. The van der Waals surface area contributed by atoms with Gasteiger partial charge < -0.3 is 9.15 Å². The van der Waals surface area contributed by atoms with E-state index in [9.17, 15) is 18.0 Å². The van der Waals surface area contributed by atoms with Gasteiger partial charge in [-0.3, -0.25) is 20.4 Å². The van der Waals surface area contributed by atoms with Crippen LogP contribution in [0, 0.1) is 6.92 Å². The van der Waals surface area contributed by atoms with E-state index in [1.54, 1.807) is 37.3 Å². The number of ether oxygens (including phenoxy) is 1. The minimum atomic E-state index is -3.88. The Hall–Kier alpha value is -3.34. The molecule has 0 saturated carbocycles. The van der Waals surface area contributed by atoms with Gasteiger partial charge in [-0.2, -0.15) is 0 Å². The van der Waals surface area contributed by atoms with Gasteiger partial charge in [-0.05, 0) is 61.0 Å². The monoisotopic (exact) mass is 477 g/mol. The minimum absolute atomic E-state index is 0.0328. The van der Waals surface area contributed by atoms with E-state index < -0.39 is 21.8 Å². The molecule has 9 nitrogen and oxygen atoms in total. The third-order valence-corrected chi connectivity index (χ3v) is 6.06. The fourth-order valence-electron chi connectivity index (χ4n) is 2.56. The number of aryl methyl sites for hydroxylation is 1. The first-order valence-electron chi connectivity index (χ1n) is 9.35. The zero-order valence-corrected chi connectivity index (χ0v) is 18.5. The maximum atomic E-state index is 12.5. The van der Waals surface area contributed by atoms with Crippen LogP contribution in [0.3, 0.4) is 0 Å². The summed E-state index contributed by atoms with van der Waals surface area (Å²) in [5, 5.41) is 0.578. The molecule has 3 aromatic rings. The molecule has 1 aromatic heterocycles. The Labute approximate surface area is 189 Å². The molecule has 0 fully saturated rings. The van der Waals surface area contributed by atoms with Gasteiger partial charge in [0.25, 0.3) is 11.8 Å². The Morgan fingerprint density at radius 2 is 1.88 bits per heavy atom. The molecular formula is C21H20ClN3O6S. The second-order valence-corrected chi connectivity index (χ2v) is 8.81. The number of carbonyl (C=O) groups is 2. The number of sulfonamides is 1. The highest BCUT2D eigenvalue weighted by Gasteiger charge is 2.17. The number of hydrogen-bond acceptors (Lipinski definition) is 6. The van der Waals surface area contributed by atoms with Crippen LogP contribution in [0.2, 0.25) is 5.02 Å². The highest BCUT2D eigenvalue weighted by molar-refractivity contribution is 7.89. The summed E-state index contributed by atoms with van der Waals surface area (Å²) in [7, 11) is -3.88. The number of halogens is 1. The third kappa shape index (κ3) is 6.33. The molecule has 2 aromatic carbocycles. The fourth-order valence-corrected chi connectivity index (χ4v) is 3.71.